The Balaban J connectivity index is 2.28. The van der Waals surface area contributed by atoms with Gasteiger partial charge in [-0.25, -0.2) is 0 Å². The maximum Gasteiger partial charge on any atom is 0.235 e. The van der Waals surface area contributed by atoms with Gasteiger partial charge in [-0.05, 0) is 37.8 Å². The van der Waals surface area contributed by atoms with E-state index in [1.807, 2.05) is 0 Å². The molecule has 1 spiro atoms. The summed E-state index contributed by atoms with van der Waals surface area (Å²) in [6.07, 6.45) is 2.05. The normalized spacial score (nSPS) is 20.9. The summed E-state index contributed by atoms with van der Waals surface area (Å²) in [5.74, 6) is 0.209. The quantitative estimate of drug-likeness (QED) is 0.663. The first-order valence-corrected chi connectivity index (χ1v) is 5.07. The van der Waals surface area contributed by atoms with E-state index in [0.29, 0.717) is 0 Å². The van der Waals surface area contributed by atoms with Crippen LogP contribution in [0.3, 0.4) is 0 Å². The highest BCUT2D eigenvalue weighted by Gasteiger charge is 2.56. The summed E-state index contributed by atoms with van der Waals surface area (Å²) >= 11 is 0. The van der Waals surface area contributed by atoms with Crippen molar-refractivity contribution >= 4 is 11.6 Å². The molecule has 0 radical (unpaired) electrons. The summed E-state index contributed by atoms with van der Waals surface area (Å²) in [4.78, 5) is 11.8. The van der Waals surface area contributed by atoms with E-state index in [1.165, 1.54) is 16.7 Å². The minimum atomic E-state index is -0.133. The van der Waals surface area contributed by atoms with E-state index in [2.05, 4.69) is 31.3 Å². The van der Waals surface area contributed by atoms with E-state index >= 15 is 0 Å². The Morgan fingerprint density at radius 1 is 1.29 bits per heavy atom. The summed E-state index contributed by atoms with van der Waals surface area (Å²) in [7, 11) is 0. The molecule has 1 aliphatic carbocycles. The van der Waals surface area contributed by atoms with Crippen LogP contribution in [-0.2, 0) is 10.2 Å². The van der Waals surface area contributed by atoms with Gasteiger partial charge in [0.25, 0.3) is 0 Å². The number of hydrogen-bond acceptors (Lipinski definition) is 1. The fourth-order valence-corrected chi connectivity index (χ4v) is 2.49. The number of rotatable bonds is 0. The second kappa shape index (κ2) is 2.19. The van der Waals surface area contributed by atoms with E-state index < -0.39 is 0 Å². The summed E-state index contributed by atoms with van der Waals surface area (Å²) in [6.45, 7) is 4.15. The predicted molar refractivity (Wildman–Crippen MR) is 55.5 cm³/mol. The van der Waals surface area contributed by atoms with Gasteiger partial charge in [-0.2, -0.15) is 0 Å². The second-order valence-corrected chi connectivity index (χ2v) is 4.54. The monoisotopic (exact) mass is 187 g/mol. The molecule has 1 amide bonds. The maximum absolute atomic E-state index is 11.8. The van der Waals surface area contributed by atoms with Crippen molar-refractivity contribution in [2.24, 2.45) is 0 Å². The number of carbonyl (C=O) groups excluding carboxylic acids is 1. The highest BCUT2D eigenvalue weighted by Crippen LogP contribution is 2.55. The molecule has 1 aromatic rings. The number of fused-ring (bicyclic) bond motifs is 2. The highest BCUT2D eigenvalue weighted by atomic mass is 16.2. The molecule has 1 aliphatic heterocycles. The van der Waals surface area contributed by atoms with Crippen molar-refractivity contribution < 1.29 is 4.79 Å². The number of nitrogens with one attached hydrogen (secondary N) is 1. The van der Waals surface area contributed by atoms with E-state index in [0.717, 1.165) is 18.5 Å². The van der Waals surface area contributed by atoms with Crippen LogP contribution in [0.25, 0.3) is 0 Å². The van der Waals surface area contributed by atoms with Crippen LogP contribution < -0.4 is 5.32 Å². The first-order chi connectivity index (χ1) is 6.63. The topological polar surface area (TPSA) is 29.1 Å². The number of aryl methyl sites for hydroxylation is 2. The third-order valence-electron chi connectivity index (χ3n) is 3.42. The maximum atomic E-state index is 11.8. The molecule has 1 aromatic carbocycles. The second-order valence-electron chi connectivity index (χ2n) is 4.54. The van der Waals surface area contributed by atoms with Crippen molar-refractivity contribution in [2.45, 2.75) is 32.1 Å². The summed E-state index contributed by atoms with van der Waals surface area (Å²) < 4.78 is 0. The Morgan fingerprint density at radius 2 is 2.00 bits per heavy atom. The Hall–Kier alpha value is -1.31. The van der Waals surface area contributed by atoms with E-state index in [1.54, 1.807) is 0 Å². The zero-order valence-corrected chi connectivity index (χ0v) is 8.48. The van der Waals surface area contributed by atoms with Crippen LogP contribution in [0, 0.1) is 13.8 Å². The Bertz CT molecular complexity index is 444. The molecule has 0 saturated heterocycles. The molecule has 14 heavy (non-hydrogen) atoms. The molecule has 1 heterocycles. The largest absolute Gasteiger partial charge is 0.325 e. The molecule has 1 fully saturated rings. The standard InChI is InChI=1S/C12H13NO/c1-7-5-8(2)10-9(6-7)12(3-4-12)11(14)13-10/h5-6H,3-4H2,1-2H3,(H,13,14). The molecule has 0 aromatic heterocycles. The van der Waals surface area contributed by atoms with Crippen molar-refractivity contribution in [3.8, 4) is 0 Å². The molecule has 1 N–H and O–H groups in total. The first kappa shape index (κ1) is 8.04. The van der Waals surface area contributed by atoms with Gasteiger partial charge in [0.05, 0.1) is 5.41 Å². The van der Waals surface area contributed by atoms with Crippen LogP contribution in [-0.4, -0.2) is 5.91 Å². The molecular weight excluding hydrogens is 174 g/mol. The molecule has 0 bridgehead atoms. The van der Waals surface area contributed by atoms with Crippen molar-refractivity contribution in [1.82, 2.24) is 0 Å². The van der Waals surface area contributed by atoms with Crippen LogP contribution in [0.1, 0.15) is 29.5 Å². The molecule has 72 valence electrons. The van der Waals surface area contributed by atoms with Gasteiger partial charge < -0.3 is 5.32 Å². The Morgan fingerprint density at radius 3 is 2.64 bits per heavy atom. The van der Waals surface area contributed by atoms with Gasteiger partial charge in [-0.3, -0.25) is 4.79 Å². The van der Waals surface area contributed by atoms with Crippen molar-refractivity contribution in [1.29, 1.82) is 0 Å². The van der Waals surface area contributed by atoms with Crippen LogP contribution in [0.2, 0.25) is 0 Å². The van der Waals surface area contributed by atoms with E-state index in [4.69, 9.17) is 0 Å². The fourth-order valence-electron chi connectivity index (χ4n) is 2.49. The minimum Gasteiger partial charge on any atom is -0.325 e. The summed E-state index contributed by atoms with van der Waals surface area (Å²) in [6, 6.07) is 4.29. The zero-order valence-electron chi connectivity index (χ0n) is 8.48. The van der Waals surface area contributed by atoms with Gasteiger partial charge >= 0.3 is 0 Å². The van der Waals surface area contributed by atoms with Crippen molar-refractivity contribution in [3.05, 3.63) is 28.8 Å². The SMILES string of the molecule is Cc1cc(C)c2c(c1)C1(CC1)C(=O)N2. The molecule has 2 nitrogen and oxygen atoms in total. The van der Waals surface area contributed by atoms with E-state index in [9.17, 15) is 4.79 Å². The lowest BCUT2D eigenvalue weighted by atomic mass is 9.94. The Labute approximate surface area is 83.3 Å². The van der Waals surface area contributed by atoms with Crippen LogP contribution in [0.5, 0.6) is 0 Å². The summed E-state index contributed by atoms with van der Waals surface area (Å²) in [5.41, 5.74) is 4.62. The fraction of sp³-hybridized carbons (Fsp3) is 0.417. The van der Waals surface area contributed by atoms with Crippen LogP contribution >= 0.6 is 0 Å². The lowest BCUT2D eigenvalue weighted by Gasteiger charge is -2.07. The smallest absolute Gasteiger partial charge is 0.235 e. The molecule has 1 saturated carbocycles. The average Bonchev–Trinajstić information content (AvgIpc) is 2.84. The molecule has 0 atom stereocenters. The lowest BCUT2D eigenvalue weighted by molar-refractivity contribution is -0.117. The van der Waals surface area contributed by atoms with Crippen molar-refractivity contribution in [2.75, 3.05) is 5.32 Å². The van der Waals surface area contributed by atoms with Crippen LogP contribution in [0.15, 0.2) is 12.1 Å². The third-order valence-corrected chi connectivity index (χ3v) is 3.42. The van der Waals surface area contributed by atoms with Crippen LogP contribution in [0.4, 0.5) is 5.69 Å². The van der Waals surface area contributed by atoms with Gasteiger partial charge in [0, 0.05) is 5.69 Å². The van der Waals surface area contributed by atoms with Gasteiger partial charge in [0.1, 0.15) is 0 Å². The third kappa shape index (κ3) is 0.788. The summed E-state index contributed by atoms with van der Waals surface area (Å²) in [5, 5.41) is 3.01. The molecule has 0 unspecified atom stereocenters. The molecule has 3 rings (SSSR count). The number of anilines is 1. The van der Waals surface area contributed by atoms with Gasteiger partial charge in [0.2, 0.25) is 5.91 Å². The number of hydrogen-bond donors (Lipinski definition) is 1. The Kier molecular flexibility index (Phi) is 1.26. The number of carbonyl (C=O) groups is 1. The van der Waals surface area contributed by atoms with Gasteiger partial charge in [-0.15, -0.1) is 0 Å². The number of amides is 1. The van der Waals surface area contributed by atoms with E-state index in [-0.39, 0.29) is 11.3 Å². The van der Waals surface area contributed by atoms with Gasteiger partial charge in [-0.1, -0.05) is 17.7 Å². The molecule has 2 heteroatoms. The lowest BCUT2D eigenvalue weighted by Crippen LogP contribution is -2.18. The highest BCUT2D eigenvalue weighted by molar-refractivity contribution is 6.09. The first-order valence-electron chi connectivity index (χ1n) is 5.07. The average molecular weight is 187 g/mol. The minimum absolute atomic E-state index is 0.133. The molecular formula is C12H13NO. The predicted octanol–water partition coefficient (Wildman–Crippen LogP) is 2.29. The zero-order chi connectivity index (χ0) is 9.92. The molecule has 2 aliphatic rings. The van der Waals surface area contributed by atoms with Gasteiger partial charge in [0.15, 0.2) is 0 Å². The van der Waals surface area contributed by atoms with Crippen molar-refractivity contribution in [3.63, 3.8) is 0 Å². The number of benzene rings is 1.